The van der Waals surface area contributed by atoms with Crippen LogP contribution in [0.2, 0.25) is 0 Å². The van der Waals surface area contributed by atoms with E-state index in [4.69, 9.17) is 0 Å². The van der Waals surface area contributed by atoms with E-state index in [0.29, 0.717) is 38.6 Å². The Labute approximate surface area is 164 Å². The fraction of sp³-hybridized carbons (Fsp3) is 0.706. The molecule has 8 heteroatoms. The number of nitrogens with zero attached hydrogens (tertiary/aromatic N) is 2. The number of guanidine groups is 1. The number of imide groups is 1. The maximum absolute atomic E-state index is 12.6. The molecule has 2 aliphatic carbocycles. The first-order valence-corrected chi connectivity index (χ1v) is 8.79. The van der Waals surface area contributed by atoms with Gasteiger partial charge in [-0.25, -0.2) is 0 Å². The van der Waals surface area contributed by atoms with Crippen molar-refractivity contribution in [2.45, 2.75) is 19.8 Å². The first-order valence-electron chi connectivity index (χ1n) is 8.79. The van der Waals surface area contributed by atoms with Crippen molar-refractivity contribution in [1.82, 2.24) is 15.5 Å². The van der Waals surface area contributed by atoms with Crippen LogP contribution >= 0.6 is 24.0 Å². The van der Waals surface area contributed by atoms with Crippen LogP contribution in [-0.2, 0) is 9.59 Å². The average molecular weight is 464 g/mol. The molecule has 25 heavy (non-hydrogen) atoms. The molecule has 4 unspecified atom stereocenters. The van der Waals surface area contributed by atoms with Crippen LogP contribution in [0.3, 0.4) is 0 Å². The molecule has 1 heterocycles. The Morgan fingerprint density at radius 1 is 1.24 bits per heavy atom. The van der Waals surface area contributed by atoms with Gasteiger partial charge in [-0.1, -0.05) is 12.2 Å². The van der Waals surface area contributed by atoms with Gasteiger partial charge in [-0.05, 0) is 31.6 Å². The normalized spacial score (nSPS) is 29.8. The molecule has 1 aliphatic heterocycles. The van der Waals surface area contributed by atoms with E-state index in [1.165, 1.54) is 4.90 Å². The molecule has 0 aromatic carbocycles. The number of hydrogen-bond acceptors (Lipinski definition) is 3. The summed E-state index contributed by atoms with van der Waals surface area (Å²) in [5.74, 6) is 0.749. The molecule has 4 atom stereocenters. The second-order valence-corrected chi connectivity index (χ2v) is 6.56. The van der Waals surface area contributed by atoms with Gasteiger partial charge < -0.3 is 10.6 Å². The van der Waals surface area contributed by atoms with Crippen molar-refractivity contribution in [2.24, 2.45) is 28.7 Å². The lowest BCUT2D eigenvalue weighted by molar-refractivity contribution is -0.140. The monoisotopic (exact) mass is 464 g/mol. The summed E-state index contributed by atoms with van der Waals surface area (Å²) < 4.78 is 12.2. The van der Waals surface area contributed by atoms with Crippen LogP contribution in [-0.4, -0.2) is 55.5 Å². The van der Waals surface area contributed by atoms with E-state index >= 15 is 0 Å². The Bertz CT molecular complexity index is 539. The summed E-state index contributed by atoms with van der Waals surface area (Å²) >= 11 is 0. The Hall–Kier alpha value is -1.19. The van der Waals surface area contributed by atoms with E-state index in [1.807, 2.05) is 6.92 Å². The Morgan fingerprint density at radius 3 is 2.44 bits per heavy atom. The Balaban J connectivity index is 0.00000225. The average Bonchev–Trinajstić information content (AvgIpc) is 3.24. The van der Waals surface area contributed by atoms with Gasteiger partial charge >= 0.3 is 0 Å². The van der Waals surface area contributed by atoms with Crippen molar-refractivity contribution in [3.63, 3.8) is 0 Å². The number of halogens is 2. The van der Waals surface area contributed by atoms with Crippen molar-refractivity contribution >= 4 is 41.8 Å². The molecule has 2 N–H and O–H groups in total. The molecule has 2 bridgehead atoms. The lowest BCUT2D eigenvalue weighted by atomic mass is 9.85. The zero-order chi connectivity index (χ0) is 17.1. The quantitative estimate of drug-likeness (QED) is 0.149. The van der Waals surface area contributed by atoms with Crippen LogP contribution < -0.4 is 10.6 Å². The number of hydrogen-bond donors (Lipinski definition) is 2. The smallest absolute Gasteiger partial charge is 0.233 e. The van der Waals surface area contributed by atoms with Gasteiger partial charge in [0.15, 0.2) is 5.96 Å². The Kier molecular flexibility index (Phi) is 7.21. The van der Waals surface area contributed by atoms with Crippen LogP contribution in [0.1, 0.15) is 19.8 Å². The molecule has 1 saturated carbocycles. The molecular weight excluding hydrogens is 438 g/mol. The molecule has 6 nitrogen and oxygen atoms in total. The van der Waals surface area contributed by atoms with E-state index in [1.54, 1.807) is 0 Å². The molecule has 2 fully saturated rings. The molecule has 0 radical (unpaired) electrons. The van der Waals surface area contributed by atoms with E-state index in [2.05, 4.69) is 27.8 Å². The number of amides is 2. The highest BCUT2D eigenvalue weighted by atomic mass is 127. The van der Waals surface area contributed by atoms with Crippen LogP contribution in [0.25, 0.3) is 0 Å². The highest BCUT2D eigenvalue weighted by Crippen LogP contribution is 2.52. The van der Waals surface area contributed by atoms with Crippen molar-refractivity contribution < 1.29 is 14.0 Å². The van der Waals surface area contributed by atoms with E-state index < -0.39 is 6.67 Å². The van der Waals surface area contributed by atoms with E-state index in [-0.39, 0.29) is 59.5 Å². The summed E-state index contributed by atoms with van der Waals surface area (Å²) in [6, 6.07) is 0. The summed E-state index contributed by atoms with van der Waals surface area (Å²) in [6.07, 6.45) is 5.53. The lowest BCUT2D eigenvalue weighted by Gasteiger charge is -2.18. The number of aliphatic imine (C=N–C) groups is 1. The van der Waals surface area contributed by atoms with Gasteiger partial charge in [0.2, 0.25) is 11.8 Å². The third kappa shape index (κ3) is 3.98. The van der Waals surface area contributed by atoms with Gasteiger partial charge in [-0.15, -0.1) is 24.0 Å². The molecule has 3 aliphatic rings. The third-order valence-electron chi connectivity index (χ3n) is 5.10. The van der Waals surface area contributed by atoms with Gasteiger partial charge in [0.1, 0.15) is 0 Å². The SMILES string of the molecule is CCNC(=NCCCF)NCCN1C(=O)C2C3C=CC(C3)C2C1=O.I. The number of carbonyl (C=O) groups excluding carboxylic acids is 2. The molecule has 0 aromatic rings. The lowest BCUT2D eigenvalue weighted by Crippen LogP contribution is -2.43. The van der Waals surface area contributed by atoms with E-state index in [9.17, 15) is 14.0 Å². The summed E-state index contributed by atoms with van der Waals surface area (Å²) in [7, 11) is 0. The summed E-state index contributed by atoms with van der Waals surface area (Å²) in [6.45, 7) is 3.45. The number of alkyl halides is 1. The summed E-state index contributed by atoms with van der Waals surface area (Å²) in [5, 5.41) is 6.18. The fourth-order valence-corrected chi connectivity index (χ4v) is 4.06. The standard InChI is InChI=1S/C17H25FN4O2.HI/c1-2-19-17(20-7-3-6-18)21-8-9-22-15(23)13-11-4-5-12(10-11)14(13)16(22)24;/h4-5,11-14H,2-3,6-10H2,1H3,(H2,19,20,21);1H. The number of fused-ring (bicyclic) bond motifs is 5. The first-order chi connectivity index (χ1) is 11.7. The van der Waals surface area contributed by atoms with Gasteiger partial charge in [0, 0.05) is 26.2 Å². The number of likely N-dealkylation sites (tertiary alicyclic amines) is 1. The molecule has 0 aromatic heterocycles. The second kappa shape index (κ2) is 8.95. The van der Waals surface area contributed by atoms with Gasteiger partial charge in [-0.3, -0.25) is 23.9 Å². The topological polar surface area (TPSA) is 73.8 Å². The summed E-state index contributed by atoms with van der Waals surface area (Å²) in [5.41, 5.74) is 0. The predicted octanol–water partition coefficient (Wildman–Crippen LogP) is 1.33. The number of carbonyl (C=O) groups is 2. The van der Waals surface area contributed by atoms with Crippen LogP contribution in [0, 0.1) is 23.7 Å². The minimum absolute atomic E-state index is 0. The summed E-state index contributed by atoms with van der Waals surface area (Å²) in [4.78, 5) is 30.8. The third-order valence-corrected chi connectivity index (χ3v) is 5.10. The van der Waals surface area contributed by atoms with Crippen molar-refractivity contribution in [2.75, 3.05) is 32.9 Å². The number of nitrogens with one attached hydrogen (secondary N) is 2. The number of rotatable bonds is 7. The van der Waals surface area contributed by atoms with Gasteiger partial charge in [0.05, 0.1) is 18.5 Å². The molecule has 0 spiro atoms. The maximum Gasteiger partial charge on any atom is 0.233 e. The number of allylic oxidation sites excluding steroid dienone is 2. The highest BCUT2D eigenvalue weighted by Gasteiger charge is 2.58. The molecular formula is C17H26FIN4O2. The minimum atomic E-state index is -0.390. The van der Waals surface area contributed by atoms with Gasteiger partial charge in [-0.2, -0.15) is 0 Å². The zero-order valence-electron chi connectivity index (χ0n) is 14.4. The zero-order valence-corrected chi connectivity index (χ0v) is 16.7. The van der Waals surface area contributed by atoms with Gasteiger partial charge in [0.25, 0.3) is 0 Å². The Morgan fingerprint density at radius 2 is 1.88 bits per heavy atom. The predicted molar refractivity (Wildman–Crippen MR) is 104 cm³/mol. The highest BCUT2D eigenvalue weighted by molar-refractivity contribution is 14.0. The van der Waals surface area contributed by atoms with Crippen LogP contribution in [0.15, 0.2) is 17.1 Å². The maximum atomic E-state index is 12.6. The molecule has 3 rings (SSSR count). The molecule has 2 amide bonds. The second-order valence-electron chi connectivity index (χ2n) is 6.56. The van der Waals surface area contributed by atoms with Crippen molar-refractivity contribution in [1.29, 1.82) is 0 Å². The molecule has 1 saturated heterocycles. The largest absolute Gasteiger partial charge is 0.357 e. The molecule has 140 valence electrons. The minimum Gasteiger partial charge on any atom is -0.357 e. The first kappa shape index (κ1) is 20.1. The van der Waals surface area contributed by atoms with Crippen LogP contribution in [0.4, 0.5) is 4.39 Å². The fourth-order valence-electron chi connectivity index (χ4n) is 4.06. The van der Waals surface area contributed by atoms with Crippen molar-refractivity contribution in [3.05, 3.63) is 12.2 Å². The van der Waals surface area contributed by atoms with Crippen molar-refractivity contribution in [3.8, 4) is 0 Å². The van der Waals surface area contributed by atoms with E-state index in [0.717, 1.165) is 6.42 Å². The van der Waals surface area contributed by atoms with Crippen LogP contribution in [0.5, 0.6) is 0 Å².